The molecular weight excluding hydrogens is 424 g/mol. The molecule has 1 aromatic heterocycles. The van der Waals surface area contributed by atoms with E-state index in [4.69, 9.17) is 19.2 Å². The summed E-state index contributed by atoms with van der Waals surface area (Å²) >= 11 is 0. The van der Waals surface area contributed by atoms with Crippen molar-refractivity contribution >= 4 is 11.0 Å². The third kappa shape index (κ3) is 5.60. The predicted molar refractivity (Wildman–Crippen MR) is 137 cm³/mol. The van der Waals surface area contributed by atoms with Crippen molar-refractivity contribution < 1.29 is 14.2 Å². The molecule has 0 amide bonds. The summed E-state index contributed by atoms with van der Waals surface area (Å²) in [6.07, 6.45) is 4.41. The van der Waals surface area contributed by atoms with Crippen LogP contribution in [0.25, 0.3) is 11.0 Å². The summed E-state index contributed by atoms with van der Waals surface area (Å²) in [6.45, 7) is 7.31. The molecule has 34 heavy (non-hydrogen) atoms. The van der Waals surface area contributed by atoms with Crippen molar-refractivity contribution in [2.45, 2.75) is 38.8 Å². The fourth-order valence-corrected chi connectivity index (χ4v) is 4.07. The van der Waals surface area contributed by atoms with E-state index in [2.05, 4.69) is 42.3 Å². The lowest BCUT2D eigenvalue weighted by molar-refractivity contribution is 0.210. The normalized spacial score (nSPS) is 11.8. The first-order valence-electron chi connectivity index (χ1n) is 11.8. The van der Waals surface area contributed by atoms with Crippen LogP contribution in [0.3, 0.4) is 0 Å². The number of unbranched alkanes of at least 4 members (excludes halogenated alkanes) is 1. The summed E-state index contributed by atoms with van der Waals surface area (Å²) in [4.78, 5) is 4.88. The Morgan fingerprint density at radius 2 is 1.76 bits per heavy atom. The molecule has 0 radical (unpaired) electrons. The van der Waals surface area contributed by atoms with E-state index in [1.165, 1.54) is 0 Å². The summed E-state index contributed by atoms with van der Waals surface area (Å²) < 4.78 is 20.0. The number of hydrogen-bond acceptors (Lipinski definition) is 4. The second-order valence-electron chi connectivity index (χ2n) is 8.22. The molecular formula is C29H32N2O3. The Kier molecular flexibility index (Phi) is 7.87. The first-order chi connectivity index (χ1) is 16.7. The molecule has 176 valence electrons. The van der Waals surface area contributed by atoms with Crippen molar-refractivity contribution in [3.05, 3.63) is 96.8 Å². The van der Waals surface area contributed by atoms with Crippen LogP contribution in [0.2, 0.25) is 0 Å². The third-order valence-electron chi connectivity index (χ3n) is 5.75. The number of hydrogen-bond donors (Lipinski definition) is 0. The van der Waals surface area contributed by atoms with Crippen LogP contribution >= 0.6 is 0 Å². The van der Waals surface area contributed by atoms with Gasteiger partial charge in [0, 0.05) is 6.54 Å². The molecule has 0 aliphatic carbocycles. The number of aryl methyl sites for hydroxylation is 1. The number of imidazole rings is 1. The molecule has 3 aromatic carbocycles. The minimum absolute atomic E-state index is 0.163. The van der Waals surface area contributed by atoms with Gasteiger partial charge in [0.2, 0.25) is 0 Å². The minimum Gasteiger partial charge on any atom is -0.493 e. The van der Waals surface area contributed by atoms with Crippen LogP contribution in [0.5, 0.6) is 17.2 Å². The van der Waals surface area contributed by atoms with E-state index in [9.17, 15) is 0 Å². The van der Waals surface area contributed by atoms with Crippen LogP contribution < -0.4 is 14.2 Å². The first kappa shape index (κ1) is 23.4. The van der Waals surface area contributed by atoms with Gasteiger partial charge in [0.05, 0.1) is 24.8 Å². The SMILES string of the molecule is C=CCc1ccc(OCCCCn2c(C(C)Oc3ccccc3)nc3ccccc32)c(OC)c1. The quantitative estimate of drug-likeness (QED) is 0.174. The first-order valence-corrected chi connectivity index (χ1v) is 11.8. The highest BCUT2D eigenvalue weighted by atomic mass is 16.5. The second-order valence-corrected chi connectivity index (χ2v) is 8.22. The Morgan fingerprint density at radius 1 is 0.971 bits per heavy atom. The van der Waals surface area contributed by atoms with Crippen LogP contribution in [0.15, 0.2) is 85.5 Å². The van der Waals surface area contributed by atoms with E-state index in [0.717, 1.165) is 65.5 Å². The highest BCUT2D eigenvalue weighted by molar-refractivity contribution is 5.76. The zero-order chi connectivity index (χ0) is 23.8. The number of allylic oxidation sites excluding steroid dienone is 1. The van der Waals surface area contributed by atoms with E-state index in [1.54, 1.807) is 7.11 Å². The third-order valence-corrected chi connectivity index (χ3v) is 5.75. The number of ether oxygens (including phenoxy) is 3. The van der Waals surface area contributed by atoms with Crippen LogP contribution in [-0.2, 0) is 13.0 Å². The van der Waals surface area contributed by atoms with Gasteiger partial charge in [-0.2, -0.15) is 0 Å². The minimum atomic E-state index is -0.163. The Balaban J connectivity index is 1.39. The lowest BCUT2D eigenvalue weighted by Crippen LogP contribution is -2.12. The lowest BCUT2D eigenvalue weighted by Gasteiger charge is -2.17. The summed E-state index contributed by atoms with van der Waals surface area (Å²) in [7, 11) is 1.67. The average molecular weight is 457 g/mol. The van der Waals surface area contributed by atoms with Gasteiger partial charge in [0.25, 0.3) is 0 Å². The lowest BCUT2D eigenvalue weighted by atomic mass is 10.1. The molecule has 0 N–H and O–H groups in total. The molecule has 0 spiro atoms. The number of rotatable bonds is 12. The maximum Gasteiger partial charge on any atom is 0.161 e. The summed E-state index contributed by atoms with van der Waals surface area (Å²) in [5, 5.41) is 0. The van der Waals surface area contributed by atoms with Crippen LogP contribution in [0.1, 0.15) is 37.3 Å². The monoisotopic (exact) mass is 456 g/mol. The van der Waals surface area contributed by atoms with Crippen molar-refractivity contribution in [3.63, 3.8) is 0 Å². The summed E-state index contributed by atoms with van der Waals surface area (Å²) in [5.74, 6) is 3.31. The number of fused-ring (bicyclic) bond motifs is 1. The predicted octanol–water partition coefficient (Wildman–Crippen LogP) is 6.77. The zero-order valence-corrected chi connectivity index (χ0v) is 19.9. The van der Waals surface area contributed by atoms with E-state index >= 15 is 0 Å². The molecule has 5 nitrogen and oxygen atoms in total. The highest BCUT2D eigenvalue weighted by Crippen LogP contribution is 2.29. The summed E-state index contributed by atoms with van der Waals surface area (Å²) in [5.41, 5.74) is 3.27. The van der Waals surface area contributed by atoms with Crippen molar-refractivity contribution in [1.29, 1.82) is 0 Å². The molecule has 1 heterocycles. The topological polar surface area (TPSA) is 45.5 Å². The van der Waals surface area contributed by atoms with Gasteiger partial charge in [-0.1, -0.05) is 42.5 Å². The van der Waals surface area contributed by atoms with Crippen LogP contribution in [0.4, 0.5) is 0 Å². The van der Waals surface area contributed by atoms with Crippen LogP contribution in [-0.4, -0.2) is 23.3 Å². The molecule has 4 rings (SSSR count). The highest BCUT2D eigenvalue weighted by Gasteiger charge is 2.18. The molecule has 0 aliphatic rings. The van der Waals surface area contributed by atoms with Crippen molar-refractivity contribution in [3.8, 4) is 17.2 Å². The zero-order valence-electron chi connectivity index (χ0n) is 19.9. The molecule has 1 unspecified atom stereocenters. The Morgan fingerprint density at radius 3 is 2.56 bits per heavy atom. The standard InChI is InChI=1S/C29H32N2O3/c1-4-12-23-17-18-27(28(21-23)32-3)33-20-11-10-19-31-26-16-9-8-15-25(26)30-29(31)22(2)34-24-13-6-5-7-14-24/h4-9,13-18,21-22H,1,10-12,19-20H2,2-3H3. The van der Waals surface area contributed by atoms with Gasteiger partial charge in [0.15, 0.2) is 23.4 Å². The molecule has 0 saturated carbocycles. The number of aromatic nitrogens is 2. The van der Waals surface area contributed by atoms with Gasteiger partial charge in [-0.3, -0.25) is 0 Å². The molecule has 0 saturated heterocycles. The molecule has 0 bridgehead atoms. The van der Waals surface area contributed by atoms with Gasteiger partial charge < -0.3 is 18.8 Å². The van der Waals surface area contributed by atoms with Gasteiger partial charge in [-0.25, -0.2) is 4.98 Å². The largest absolute Gasteiger partial charge is 0.493 e. The Bertz CT molecular complexity index is 1220. The van der Waals surface area contributed by atoms with E-state index < -0.39 is 0 Å². The molecule has 0 fully saturated rings. The van der Waals surface area contributed by atoms with Gasteiger partial charge >= 0.3 is 0 Å². The second kappa shape index (κ2) is 11.4. The molecule has 1 atom stereocenters. The van der Waals surface area contributed by atoms with E-state index in [1.807, 2.05) is 54.6 Å². The van der Waals surface area contributed by atoms with Gasteiger partial charge in [0.1, 0.15) is 5.75 Å². The molecule has 4 aromatic rings. The van der Waals surface area contributed by atoms with Crippen molar-refractivity contribution in [2.24, 2.45) is 0 Å². The van der Waals surface area contributed by atoms with Crippen molar-refractivity contribution in [2.75, 3.05) is 13.7 Å². The number of para-hydroxylation sites is 3. The maximum absolute atomic E-state index is 6.18. The fraction of sp³-hybridized carbons (Fsp3) is 0.276. The summed E-state index contributed by atoms with van der Waals surface area (Å²) in [6, 6.07) is 24.2. The maximum atomic E-state index is 6.18. The van der Waals surface area contributed by atoms with Crippen molar-refractivity contribution in [1.82, 2.24) is 9.55 Å². The number of benzene rings is 3. The average Bonchev–Trinajstić information content (AvgIpc) is 3.24. The number of nitrogens with zero attached hydrogens (tertiary/aromatic N) is 2. The number of methoxy groups -OCH3 is 1. The van der Waals surface area contributed by atoms with Gasteiger partial charge in [-0.05, 0) is 68.1 Å². The Labute approximate surface area is 201 Å². The molecule has 0 aliphatic heterocycles. The smallest absolute Gasteiger partial charge is 0.161 e. The van der Waals surface area contributed by atoms with Crippen LogP contribution in [0, 0.1) is 0 Å². The Hall–Kier alpha value is -3.73. The molecule has 5 heteroatoms. The van der Waals surface area contributed by atoms with E-state index in [-0.39, 0.29) is 6.10 Å². The van der Waals surface area contributed by atoms with Gasteiger partial charge in [-0.15, -0.1) is 6.58 Å². The fourth-order valence-electron chi connectivity index (χ4n) is 4.07. The van der Waals surface area contributed by atoms with E-state index in [0.29, 0.717) is 6.61 Å².